The number of sulfonamides is 1. The fourth-order valence-corrected chi connectivity index (χ4v) is 5.54. The highest BCUT2D eigenvalue weighted by Crippen LogP contribution is 2.32. The first-order valence-corrected chi connectivity index (χ1v) is 10.6. The third-order valence-electron chi connectivity index (χ3n) is 4.24. The molecule has 2 aromatic heterocycles. The van der Waals surface area contributed by atoms with Crippen LogP contribution in [0.1, 0.15) is 42.7 Å². The van der Waals surface area contributed by atoms with Crippen molar-refractivity contribution in [1.29, 1.82) is 0 Å². The van der Waals surface area contributed by atoms with Crippen LogP contribution in [0.25, 0.3) is 10.6 Å². The SMILES string of the molecule is Cc1cc(-c2cc(S(=O)(=O)NCCC3=CCCCC3)c(C)s2)n[nH]1. The standard InChI is InChI=1S/C17H23N3O2S2/c1-12-10-15(20-19-12)16-11-17(13(2)23-16)24(21,22)18-9-8-14-6-4-3-5-7-14/h6,10-11,18H,3-5,7-9H2,1-2H3,(H,19,20). The molecule has 0 aliphatic heterocycles. The largest absolute Gasteiger partial charge is 0.282 e. The maximum absolute atomic E-state index is 12.6. The molecule has 0 bridgehead atoms. The van der Waals surface area contributed by atoms with Gasteiger partial charge in [0, 0.05) is 17.1 Å². The van der Waals surface area contributed by atoms with Gasteiger partial charge in [0.25, 0.3) is 0 Å². The van der Waals surface area contributed by atoms with Crippen molar-refractivity contribution in [1.82, 2.24) is 14.9 Å². The molecule has 1 aliphatic rings. The van der Waals surface area contributed by atoms with Crippen molar-refractivity contribution in [3.05, 3.63) is 34.4 Å². The van der Waals surface area contributed by atoms with Crippen molar-refractivity contribution in [3.63, 3.8) is 0 Å². The summed E-state index contributed by atoms with van der Waals surface area (Å²) in [5, 5.41) is 7.10. The second-order valence-electron chi connectivity index (χ2n) is 6.22. The van der Waals surface area contributed by atoms with Gasteiger partial charge in [-0.1, -0.05) is 11.6 Å². The molecule has 2 N–H and O–H groups in total. The number of aromatic nitrogens is 2. The van der Waals surface area contributed by atoms with E-state index in [1.54, 1.807) is 6.07 Å². The summed E-state index contributed by atoms with van der Waals surface area (Å²) >= 11 is 1.46. The number of hydrogen-bond donors (Lipinski definition) is 2. The van der Waals surface area contributed by atoms with Gasteiger partial charge in [0.1, 0.15) is 5.69 Å². The number of hydrogen-bond acceptors (Lipinski definition) is 4. The smallest absolute Gasteiger partial charge is 0.241 e. The molecule has 0 aromatic carbocycles. The van der Waals surface area contributed by atoms with Crippen molar-refractivity contribution >= 4 is 21.4 Å². The zero-order valence-electron chi connectivity index (χ0n) is 14.1. The molecule has 0 saturated carbocycles. The van der Waals surface area contributed by atoms with Gasteiger partial charge in [-0.05, 0) is 58.1 Å². The number of aryl methyl sites for hydroxylation is 2. The summed E-state index contributed by atoms with van der Waals surface area (Å²) in [6.45, 7) is 4.22. The molecule has 0 fully saturated rings. The van der Waals surface area contributed by atoms with Crippen LogP contribution >= 0.6 is 11.3 Å². The van der Waals surface area contributed by atoms with Crippen LogP contribution in [0.15, 0.2) is 28.7 Å². The topological polar surface area (TPSA) is 74.8 Å². The maximum Gasteiger partial charge on any atom is 0.241 e. The molecule has 2 aromatic rings. The summed E-state index contributed by atoms with van der Waals surface area (Å²) in [4.78, 5) is 2.02. The third-order valence-corrected chi connectivity index (χ3v) is 7.03. The van der Waals surface area contributed by atoms with Crippen molar-refractivity contribution in [2.24, 2.45) is 0 Å². The molecule has 0 radical (unpaired) electrons. The van der Waals surface area contributed by atoms with Crippen molar-refractivity contribution in [2.45, 2.75) is 50.8 Å². The summed E-state index contributed by atoms with van der Waals surface area (Å²) in [6, 6.07) is 3.64. The molecule has 2 heterocycles. The van der Waals surface area contributed by atoms with Crippen molar-refractivity contribution in [2.75, 3.05) is 6.54 Å². The fourth-order valence-electron chi connectivity index (χ4n) is 2.96. The Morgan fingerprint density at radius 2 is 2.12 bits per heavy atom. The number of thiophene rings is 1. The molecule has 0 atom stereocenters. The third kappa shape index (κ3) is 3.96. The Kier molecular flexibility index (Phi) is 5.22. The van der Waals surface area contributed by atoms with E-state index in [1.807, 2.05) is 19.9 Å². The normalized spacial score (nSPS) is 15.5. The maximum atomic E-state index is 12.6. The van der Waals surface area contributed by atoms with Crippen LogP contribution in [0.4, 0.5) is 0 Å². The number of nitrogens with zero attached hydrogens (tertiary/aromatic N) is 1. The van der Waals surface area contributed by atoms with Gasteiger partial charge in [0.15, 0.2) is 0 Å². The predicted octanol–water partition coefficient (Wildman–Crippen LogP) is 3.92. The summed E-state index contributed by atoms with van der Waals surface area (Å²) in [7, 11) is -3.48. The lowest BCUT2D eigenvalue weighted by molar-refractivity contribution is 0.579. The van der Waals surface area contributed by atoms with Crippen LogP contribution < -0.4 is 4.72 Å². The van der Waals surface area contributed by atoms with Gasteiger partial charge in [-0.3, -0.25) is 5.10 Å². The lowest BCUT2D eigenvalue weighted by atomic mass is 9.97. The molecule has 0 unspecified atom stereocenters. The number of nitrogens with one attached hydrogen (secondary N) is 2. The van der Waals surface area contributed by atoms with Gasteiger partial charge in [-0.25, -0.2) is 13.1 Å². The second-order valence-corrected chi connectivity index (χ2v) is 9.21. The van der Waals surface area contributed by atoms with E-state index in [0.29, 0.717) is 11.4 Å². The van der Waals surface area contributed by atoms with E-state index in [9.17, 15) is 8.42 Å². The number of aromatic amines is 1. The minimum atomic E-state index is -3.48. The molecule has 0 spiro atoms. The zero-order valence-corrected chi connectivity index (χ0v) is 15.7. The second kappa shape index (κ2) is 7.21. The molecular weight excluding hydrogens is 342 g/mol. The first-order valence-electron chi connectivity index (χ1n) is 8.26. The Balaban J connectivity index is 1.70. The van der Waals surface area contributed by atoms with E-state index >= 15 is 0 Å². The van der Waals surface area contributed by atoms with Gasteiger partial charge >= 0.3 is 0 Å². The molecule has 0 saturated heterocycles. The molecule has 5 nitrogen and oxygen atoms in total. The number of H-pyrrole nitrogens is 1. The van der Waals surface area contributed by atoms with Crippen LogP contribution in [0, 0.1) is 13.8 Å². The Morgan fingerprint density at radius 3 is 2.79 bits per heavy atom. The van der Waals surface area contributed by atoms with Crippen LogP contribution in [0.5, 0.6) is 0 Å². The highest BCUT2D eigenvalue weighted by molar-refractivity contribution is 7.89. The molecule has 24 heavy (non-hydrogen) atoms. The quantitative estimate of drug-likeness (QED) is 0.762. The predicted molar refractivity (Wildman–Crippen MR) is 97.7 cm³/mol. The van der Waals surface area contributed by atoms with Crippen molar-refractivity contribution in [3.8, 4) is 10.6 Å². The van der Waals surface area contributed by atoms with Gasteiger partial charge in [-0.2, -0.15) is 5.10 Å². The Morgan fingerprint density at radius 1 is 1.29 bits per heavy atom. The summed E-state index contributed by atoms with van der Waals surface area (Å²) in [5.41, 5.74) is 3.12. The summed E-state index contributed by atoms with van der Waals surface area (Å²) in [6.07, 6.45) is 7.74. The minimum absolute atomic E-state index is 0.362. The van der Waals surface area contributed by atoms with Gasteiger partial charge < -0.3 is 0 Å². The Labute approximate surface area is 147 Å². The molecular formula is C17H23N3O2S2. The monoisotopic (exact) mass is 365 g/mol. The molecule has 130 valence electrons. The number of allylic oxidation sites excluding steroid dienone is 1. The van der Waals surface area contributed by atoms with E-state index in [0.717, 1.165) is 40.4 Å². The Bertz CT molecular complexity index is 847. The average molecular weight is 366 g/mol. The highest BCUT2D eigenvalue weighted by atomic mass is 32.2. The molecule has 0 amide bonds. The van der Waals surface area contributed by atoms with Crippen LogP contribution in [0.2, 0.25) is 0 Å². The summed E-state index contributed by atoms with van der Waals surface area (Å²) < 4.78 is 27.9. The van der Waals surface area contributed by atoms with E-state index in [4.69, 9.17) is 0 Å². The fraction of sp³-hybridized carbons (Fsp3) is 0.471. The lowest BCUT2D eigenvalue weighted by Gasteiger charge is -2.13. The highest BCUT2D eigenvalue weighted by Gasteiger charge is 2.21. The number of rotatable bonds is 6. The zero-order chi connectivity index (χ0) is 17.2. The van der Waals surface area contributed by atoms with Crippen LogP contribution in [-0.4, -0.2) is 25.2 Å². The lowest BCUT2D eigenvalue weighted by Crippen LogP contribution is -2.25. The first kappa shape index (κ1) is 17.4. The van der Waals surface area contributed by atoms with Gasteiger partial charge in [0.2, 0.25) is 10.0 Å². The summed E-state index contributed by atoms with van der Waals surface area (Å²) in [5.74, 6) is 0. The van der Waals surface area contributed by atoms with Gasteiger partial charge in [0.05, 0.1) is 9.77 Å². The average Bonchev–Trinajstić information content (AvgIpc) is 3.14. The van der Waals surface area contributed by atoms with E-state index < -0.39 is 10.0 Å². The first-order chi connectivity index (χ1) is 11.5. The van der Waals surface area contributed by atoms with Gasteiger partial charge in [-0.15, -0.1) is 11.3 Å². The van der Waals surface area contributed by atoms with Crippen LogP contribution in [0.3, 0.4) is 0 Å². The van der Waals surface area contributed by atoms with E-state index in [1.165, 1.54) is 29.8 Å². The van der Waals surface area contributed by atoms with Crippen LogP contribution in [-0.2, 0) is 10.0 Å². The molecule has 7 heteroatoms. The Hall–Kier alpha value is -1.44. The molecule has 1 aliphatic carbocycles. The van der Waals surface area contributed by atoms with Crippen molar-refractivity contribution < 1.29 is 8.42 Å². The van der Waals surface area contributed by atoms with E-state index in [-0.39, 0.29) is 0 Å². The van der Waals surface area contributed by atoms with E-state index in [2.05, 4.69) is 21.0 Å². The molecule has 3 rings (SSSR count). The minimum Gasteiger partial charge on any atom is -0.282 e.